The molecule has 2 atom stereocenters. The van der Waals surface area contributed by atoms with Crippen LogP contribution in [-0.2, 0) is 20.7 Å². The van der Waals surface area contributed by atoms with Gasteiger partial charge in [0, 0.05) is 34.1 Å². The van der Waals surface area contributed by atoms with Gasteiger partial charge < -0.3 is 9.64 Å². The number of hydrogen-bond acceptors (Lipinski definition) is 4. The molecule has 2 aliphatic rings. The normalized spacial score (nSPS) is 18.4. The number of halogens is 2. The van der Waals surface area contributed by atoms with Crippen molar-refractivity contribution in [3.05, 3.63) is 105 Å². The van der Waals surface area contributed by atoms with E-state index in [0.717, 1.165) is 32.1 Å². The molecular formula is C29H22BrFN4O3. The van der Waals surface area contributed by atoms with E-state index in [1.165, 1.54) is 18.2 Å². The SMILES string of the molecule is CC1O[C@H](c2nn(-c3ccc(Br)cc3)cc2-c2ccc(F)cc2)N(CCc2ccc3c(c2)=NC(=O)C=3)C1=O. The molecule has 190 valence electrons. The molecule has 1 aromatic heterocycles. The minimum Gasteiger partial charge on any atom is -0.339 e. The first kappa shape index (κ1) is 24.4. The molecule has 0 radical (unpaired) electrons. The summed E-state index contributed by atoms with van der Waals surface area (Å²) in [7, 11) is 0. The van der Waals surface area contributed by atoms with Crippen LogP contribution in [0.4, 0.5) is 4.39 Å². The molecule has 9 heteroatoms. The number of ether oxygens (including phenoxy) is 1. The lowest BCUT2D eigenvalue weighted by molar-refractivity contribution is -0.130. The summed E-state index contributed by atoms with van der Waals surface area (Å²) in [5.41, 5.74) is 3.87. The van der Waals surface area contributed by atoms with Crippen LogP contribution < -0.4 is 10.6 Å². The molecule has 7 nitrogen and oxygen atoms in total. The van der Waals surface area contributed by atoms with E-state index < -0.39 is 12.3 Å². The molecule has 3 heterocycles. The molecule has 0 aliphatic carbocycles. The Labute approximate surface area is 226 Å². The van der Waals surface area contributed by atoms with E-state index in [1.807, 2.05) is 48.7 Å². The molecule has 0 spiro atoms. The average molecular weight is 573 g/mol. The van der Waals surface area contributed by atoms with Gasteiger partial charge in [-0.25, -0.2) is 14.1 Å². The van der Waals surface area contributed by atoms with E-state index in [1.54, 1.807) is 28.6 Å². The van der Waals surface area contributed by atoms with E-state index in [4.69, 9.17) is 9.84 Å². The molecule has 0 N–H and O–H groups in total. The van der Waals surface area contributed by atoms with Crippen molar-refractivity contribution in [2.75, 3.05) is 6.54 Å². The molecule has 2 amide bonds. The summed E-state index contributed by atoms with van der Waals surface area (Å²) in [6.45, 7) is 2.12. The van der Waals surface area contributed by atoms with Gasteiger partial charge >= 0.3 is 0 Å². The van der Waals surface area contributed by atoms with Crippen LogP contribution >= 0.6 is 15.9 Å². The first-order valence-electron chi connectivity index (χ1n) is 12.2. The number of amides is 2. The van der Waals surface area contributed by atoms with Crippen LogP contribution in [0.25, 0.3) is 22.9 Å². The number of rotatable bonds is 6. The second-order valence-corrected chi connectivity index (χ2v) is 10.2. The summed E-state index contributed by atoms with van der Waals surface area (Å²) in [6.07, 6.45) is 2.57. The summed E-state index contributed by atoms with van der Waals surface area (Å²) < 4.78 is 22.6. The Morgan fingerprint density at radius 1 is 1.03 bits per heavy atom. The van der Waals surface area contributed by atoms with Gasteiger partial charge in [0.15, 0.2) is 6.23 Å². The molecule has 0 saturated carbocycles. The molecular weight excluding hydrogens is 551 g/mol. The molecule has 38 heavy (non-hydrogen) atoms. The smallest absolute Gasteiger partial charge is 0.270 e. The Morgan fingerprint density at radius 3 is 2.55 bits per heavy atom. The lowest BCUT2D eigenvalue weighted by Crippen LogP contribution is -2.33. The van der Waals surface area contributed by atoms with Crippen molar-refractivity contribution in [3.63, 3.8) is 0 Å². The van der Waals surface area contributed by atoms with Crippen LogP contribution in [0.1, 0.15) is 24.4 Å². The van der Waals surface area contributed by atoms with Crippen LogP contribution in [0.2, 0.25) is 0 Å². The largest absolute Gasteiger partial charge is 0.339 e. The molecule has 0 bridgehead atoms. The fourth-order valence-electron chi connectivity index (χ4n) is 4.76. The molecule has 1 saturated heterocycles. The monoisotopic (exact) mass is 572 g/mol. The fourth-order valence-corrected chi connectivity index (χ4v) is 5.02. The predicted molar refractivity (Wildman–Crippen MR) is 142 cm³/mol. The average Bonchev–Trinajstić information content (AvgIpc) is 3.58. The number of hydrogen-bond donors (Lipinski definition) is 0. The quantitative estimate of drug-likeness (QED) is 0.351. The molecule has 1 unspecified atom stereocenters. The first-order chi connectivity index (χ1) is 18.4. The zero-order valence-corrected chi connectivity index (χ0v) is 21.9. The fraction of sp³-hybridized carbons (Fsp3) is 0.172. The number of fused-ring (bicyclic) bond motifs is 1. The lowest BCUT2D eigenvalue weighted by atomic mass is 10.0. The van der Waals surface area contributed by atoms with Crippen molar-refractivity contribution < 1.29 is 18.7 Å². The van der Waals surface area contributed by atoms with Gasteiger partial charge in [0.2, 0.25) is 0 Å². The second-order valence-electron chi connectivity index (χ2n) is 9.26. The number of nitrogens with zero attached hydrogens (tertiary/aromatic N) is 4. The van der Waals surface area contributed by atoms with Gasteiger partial charge in [-0.1, -0.05) is 40.2 Å². The molecule has 2 aliphatic heterocycles. The van der Waals surface area contributed by atoms with Gasteiger partial charge in [-0.2, -0.15) is 5.10 Å². The van der Waals surface area contributed by atoms with Crippen molar-refractivity contribution in [1.29, 1.82) is 0 Å². The third kappa shape index (κ3) is 4.59. The van der Waals surface area contributed by atoms with Gasteiger partial charge in [0.1, 0.15) is 17.6 Å². The maximum Gasteiger partial charge on any atom is 0.270 e. The predicted octanol–water partition coefficient (Wildman–Crippen LogP) is 3.87. The van der Waals surface area contributed by atoms with Gasteiger partial charge in [-0.05, 0) is 66.9 Å². The number of aromatic nitrogens is 2. The summed E-state index contributed by atoms with van der Waals surface area (Å²) in [6, 6.07) is 19.6. The Hall–Kier alpha value is -3.95. The Balaban J connectivity index is 1.36. The zero-order valence-electron chi connectivity index (χ0n) is 20.3. The van der Waals surface area contributed by atoms with Gasteiger partial charge in [-0.3, -0.25) is 9.59 Å². The topological polar surface area (TPSA) is 76.8 Å². The third-order valence-corrected chi connectivity index (χ3v) is 7.24. The number of benzene rings is 3. The Bertz CT molecular complexity index is 1680. The van der Waals surface area contributed by atoms with E-state index >= 15 is 0 Å². The summed E-state index contributed by atoms with van der Waals surface area (Å²) in [5, 5.41) is 6.30. The Morgan fingerprint density at radius 2 is 1.79 bits per heavy atom. The van der Waals surface area contributed by atoms with Gasteiger partial charge in [0.05, 0.1) is 11.0 Å². The van der Waals surface area contributed by atoms with Crippen LogP contribution in [-0.4, -0.2) is 39.1 Å². The van der Waals surface area contributed by atoms with Crippen LogP contribution in [0, 0.1) is 5.82 Å². The minimum atomic E-state index is -0.719. The van der Waals surface area contributed by atoms with Crippen LogP contribution in [0.3, 0.4) is 0 Å². The second kappa shape index (κ2) is 9.74. The van der Waals surface area contributed by atoms with Crippen molar-refractivity contribution >= 4 is 33.8 Å². The molecule has 3 aromatic carbocycles. The highest BCUT2D eigenvalue weighted by Gasteiger charge is 2.41. The zero-order chi connectivity index (χ0) is 26.4. The van der Waals surface area contributed by atoms with E-state index in [-0.39, 0.29) is 17.6 Å². The maximum absolute atomic E-state index is 13.7. The van der Waals surface area contributed by atoms with Crippen LogP contribution in [0.5, 0.6) is 0 Å². The standard InChI is InChI=1S/C29H22BrFN4O3/c1-17-28(37)34(13-12-18-2-3-20-15-26(36)32-25(20)14-18)29(38-17)27-24(19-4-8-22(31)9-5-19)16-35(33-27)23-10-6-21(30)7-11-23/h2-11,14-17,29H,12-13H2,1H3/t17?,29-/m1/s1. The van der Waals surface area contributed by atoms with Gasteiger partial charge in [-0.15, -0.1) is 0 Å². The van der Waals surface area contributed by atoms with Crippen LogP contribution in [0.15, 0.2) is 82.4 Å². The molecule has 6 rings (SSSR count). The number of carbonyl (C=O) groups excluding carboxylic acids is 2. The highest BCUT2D eigenvalue weighted by molar-refractivity contribution is 9.10. The summed E-state index contributed by atoms with van der Waals surface area (Å²) >= 11 is 3.46. The summed E-state index contributed by atoms with van der Waals surface area (Å²) in [4.78, 5) is 30.5. The lowest BCUT2D eigenvalue weighted by Gasteiger charge is -2.22. The van der Waals surface area contributed by atoms with Crippen molar-refractivity contribution in [3.8, 4) is 16.8 Å². The highest BCUT2D eigenvalue weighted by Crippen LogP contribution is 2.37. The van der Waals surface area contributed by atoms with E-state index in [0.29, 0.717) is 24.0 Å². The maximum atomic E-state index is 13.7. The van der Waals surface area contributed by atoms with Crippen molar-refractivity contribution in [1.82, 2.24) is 14.7 Å². The minimum absolute atomic E-state index is 0.132. The molecule has 4 aromatic rings. The first-order valence-corrected chi connectivity index (χ1v) is 13.0. The van der Waals surface area contributed by atoms with E-state index in [2.05, 4.69) is 20.9 Å². The number of carbonyl (C=O) groups is 2. The summed E-state index contributed by atoms with van der Waals surface area (Å²) in [5.74, 6) is -0.727. The third-order valence-electron chi connectivity index (χ3n) is 6.72. The van der Waals surface area contributed by atoms with Gasteiger partial charge in [0.25, 0.3) is 11.8 Å². The Kier molecular flexibility index (Phi) is 6.25. The highest BCUT2D eigenvalue weighted by atomic mass is 79.9. The van der Waals surface area contributed by atoms with E-state index in [9.17, 15) is 14.0 Å². The van der Waals surface area contributed by atoms with Crippen molar-refractivity contribution in [2.45, 2.75) is 25.7 Å². The molecule has 1 fully saturated rings. The van der Waals surface area contributed by atoms with Crippen molar-refractivity contribution in [2.24, 2.45) is 4.99 Å².